The highest BCUT2D eigenvalue weighted by molar-refractivity contribution is 9.10. The second-order valence-electron chi connectivity index (χ2n) is 5.18. The molecule has 0 spiro atoms. The summed E-state index contributed by atoms with van der Waals surface area (Å²) in [5.41, 5.74) is 2.38. The molecule has 0 aliphatic heterocycles. The first-order chi connectivity index (χ1) is 9.17. The number of alkyl halides is 1. The van der Waals surface area contributed by atoms with E-state index in [1.54, 1.807) is 7.11 Å². The minimum atomic E-state index is 0.551. The number of anilines is 1. The summed E-state index contributed by atoms with van der Waals surface area (Å²) < 4.78 is 6.37. The zero-order valence-corrected chi connectivity index (χ0v) is 13.9. The van der Waals surface area contributed by atoms with E-state index in [2.05, 4.69) is 46.0 Å². The Balaban J connectivity index is 2.20. The van der Waals surface area contributed by atoms with Crippen LogP contribution in [0.1, 0.15) is 25.3 Å². The van der Waals surface area contributed by atoms with E-state index in [-0.39, 0.29) is 0 Å². The Hall–Kier alpha value is -0.250. The molecule has 0 aromatic heterocycles. The van der Waals surface area contributed by atoms with Gasteiger partial charge in [0.1, 0.15) is 0 Å². The van der Waals surface area contributed by atoms with Gasteiger partial charge in [-0.05, 0) is 59.3 Å². The number of hydrogen-bond donors (Lipinski definition) is 0. The maximum atomic E-state index is 5.88. The maximum absolute atomic E-state index is 5.88. The van der Waals surface area contributed by atoms with Gasteiger partial charge in [0, 0.05) is 30.0 Å². The highest BCUT2D eigenvalue weighted by atomic mass is 79.9. The van der Waals surface area contributed by atoms with Gasteiger partial charge in [0.25, 0.3) is 0 Å². The van der Waals surface area contributed by atoms with E-state index >= 15 is 0 Å². The van der Waals surface area contributed by atoms with Gasteiger partial charge in [0.2, 0.25) is 0 Å². The van der Waals surface area contributed by atoms with Crippen molar-refractivity contribution in [2.75, 3.05) is 25.2 Å². The summed E-state index contributed by atoms with van der Waals surface area (Å²) in [5, 5.41) is 0. The molecule has 1 aromatic carbocycles. The smallest absolute Gasteiger partial charge is 0.0637 e. The average molecular weight is 347 g/mol. The van der Waals surface area contributed by atoms with Crippen LogP contribution < -0.4 is 4.90 Å². The fourth-order valence-corrected chi connectivity index (χ4v) is 3.25. The van der Waals surface area contributed by atoms with E-state index in [1.807, 2.05) is 0 Å². The lowest BCUT2D eigenvalue weighted by Gasteiger charge is -2.32. The molecule has 2 rings (SSSR count). The topological polar surface area (TPSA) is 12.5 Å². The molecule has 0 bridgehead atoms. The molecule has 1 fully saturated rings. The highest BCUT2D eigenvalue weighted by Gasteiger charge is 2.32. The third kappa shape index (κ3) is 3.87. The fourth-order valence-electron chi connectivity index (χ4n) is 2.43. The van der Waals surface area contributed by atoms with Gasteiger partial charge in [-0.3, -0.25) is 0 Å². The van der Waals surface area contributed by atoms with Gasteiger partial charge in [-0.25, -0.2) is 0 Å². The molecule has 4 heteroatoms. The quantitative estimate of drug-likeness (QED) is 0.677. The van der Waals surface area contributed by atoms with Crippen LogP contribution in [-0.2, 0) is 10.6 Å². The van der Waals surface area contributed by atoms with Crippen LogP contribution in [-0.4, -0.2) is 26.3 Å². The van der Waals surface area contributed by atoms with Crippen molar-refractivity contribution in [3.05, 3.63) is 28.2 Å². The van der Waals surface area contributed by atoms with Crippen LogP contribution in [0.3, 0.4) is 0 Å². The molecule has 0 radical (unpaired) electrons. The van der Waals surface area contributed by atoms with Gasteiger partial charge in [-0.2, -0.15) is 0 Å². The summed E-state index contributed by atoms with van der Waals surface area (Å²) in [6.07, 6.45) is 2.70. The van der Waals surface area contributed by atoms with Gasteiger partial charge in [-0.1, -0.05) is 6.07 Å². The van der Waals surface area contributed by atoms with Crippen molar-refractivity contribution >= 4 is 33.2 Å². The molecule has 0 saturated heterocycles. The lowest BCUT2D eigenvalue weighted by molar-refractivity contribution is 0.202. The van der Waals surface area contributed by atoms with Crippen molar-refractivity contribution in [3.63, 3.8) is 0 Å². The molecule has 0 heterocycles. The van der Waals surface area contributed by atoms with E-state index in [1.165, 1.54) is 18.5 Å². The van der Waals surface area contributed by atoms with Crippen LogP contribution in [0.25, 0.3) is 0 Å². The second-order valence-corrected chi connectivity index (χ2v) is 6.31. The first kappa shape index (κ1) is 15.1. The summed E-state index contributed by atoms with van der Waals surface area (Å²) in [4.78, 5) is 2.45. The van der Waals surface area contributed by atoms with E-state index in [4.69, 9.17) is 16.3 Å². The molecule has 1 saturated carbocycles. The Morgan fingerprint density at radius 3 is 2.74 bits per heavy atom. The summed E-state index contributed by atoms with van der Waals surface area (Å²) in [5.74, 6) is 1.38. The third-order valence-electron chi connectivity index (χ3n) is 3.81. The van der Waals surface area contributed by atoms with Crippen LogP contribution in [0, 0.1) is 5.92 Å². The molecule has 1 aliphatic rings. The minimum Gasteiger partial charge on any atom is -0.383 e. The summed E-state index contributed by atoms with van der Waals surface area (Å²) >= 11 is 9.56. The maximum Gasteiger partial charge on any atom is 0.0637 e. The van der Waals surface area contributed by atoms with Crippen molar-refractivity contribution in [2.24, 2.45) is 5.92 Å². The third-order valence-corrected chi connectivity index (χ3v) is 4.75. The van der Waals surface area contributed by atoms with Crippen LogP contribution in [0.4, 0.5) is 5.69 Å². The molecule has 1 aliphatic carbocycles. The Kier molecular flexibility index (Phi) is 5.55. The van der Waals surface area contributed by atoms with E-state index in [0.29, 0.717) is 11.9 Å². The molecule has 0 N–H and O–H groups in total. The number of halogens is 2. The summed E-state index contributed by atoms with van der Waals surface area (Å²) in [6, 6.07) is 6.94. The van der Waals surface area contributed by atoms with Gasteiger partial charge in [-0.15, -0.1) is 11.6 Å². The van der Waals surface area contributed by atoms with Crippen molar-refractivity contribution in [1.82, 2.24) is 0 Å². The molecule has 1 atom stereocenters. The number of ether oxygens (including phenoxy) is 1. The van der Waals surface area contributed by atoms with Crippen molar-refractivity contribution in [1.29, 1.82) is 0 Å². The molecule has 0 amide bonds. The fraction of sp³-hybridized carbons (Fsp3) is 0.600. The zero-order valence-electron chi connectivity index (χ0n) is 11.5. The predicted octanol–water partition coefficient (Wildman–Crippen LogP) is 4.44. The van der Waals surface area contributed by atoms with E-state index < -0.39 is 0 Å². The van der Waals surface area contributed by atoms with Gasteiger partial charge < -0.3 is 9.64 Å². The van der Waals surface area contributed by atoms with Gasteiger partial charge in [0.15, 0.2) is 0 Å². The Morgan fingerprint density at radius 1 is 1.47 bits per heavy atom. The van der Waals surface area contributed by atoms with Crippen LogP contribution in [0.5, 0.6) is 0 Å². The Labute approximate surface area is 129 Å². The molecule has 1 unspecified atom stereocenters. The molecule has 1 aromatic rings. The Bertz CT molecular complexity index is 423. The lowest BCUT2D eigenvalue weighted by atomic mass is 10.1. The van der Waals surface area contributed by atoms with E-state index in [9.17, 15) is 0 Å². The number of hydrogen-bond acceptors (Lipinski definition) is 2. The second kappa shape index (κ2) is 6.96. The van der Waals surface area contributed by atoms with E-state index in [0.717, 1.165) is 29.1 Å². The summed E-state index contributed by atoms with van der Waals surface area (Å²) in [6.45, 7) is 3.99. The van der Waals surface area contributed by atoms with Crippen molar-refractivity contribution in [2.45, 2.75) is 31.7 Å². The normalized spacial score (nSPS) is 16.4. The van der Waals surface area contributed by atoms with Crippen LogP contribution in [0.2, 0.25) is 0 Å². The average Bonchev–Trinajstić information content (AvgIpc) is 3.24. The monoisotopic (exact) mass is 345 g/mol. The predicted molar refractivity (Wildman–Crippen MR) is 85.1 cm³/mol. The molecule has 19 heavy (non-hydrogen) atoms. The standard InChI is InChI=1S/C15H21BrClNO/c1-11(13-4-5-13)18(7-8-19-2)15-6-3-12(10-17)9-14(15)16/h3,6,9,11,13H,4-5,7-8,10H2,1-2H3. The summed E-state index contributed by atoms with van der Waals surface area (Å²) in [7, 11) is 1.76. The van der Waals surface area contributed by atoms with Gasteiger partial charge >= 0.3 is 0 Å². The number of rotatable bonds is 7. The molecule has 106 valence electrons. The zero-order chi connectivity index (χ0) is 13.8. The number of nitrogens with zero attached hydrogens (tertiary/aromatic N) is 1. The van der Waals surface area contributed by atoms with Crippen LogP contribution >= 0.6 is 27.5 Å². The minimum absolute atomic E-state index is 0.551. The highest BCUT2D eigenvalue weighted by Crippen LogP contribution is 2.38. The van der Waals surface area contributed by atoms with Crippen molar-refractivity contribution in [3.8, 4) is 0 Å². The van der Waals surface area contributed by atoms with Crippen molar-refractivity contribution < 1.29 is 4.74 Å². The largest absolute Gasteiger partial charge is 0.383 e. The number of methoxy groups -OCH3 is 1. The Morgan fingerprint density at radius 2 is 2.21 bits per heavy atom. The molecule has 2 nitrogen and oxygen atoms in total. The van der Waals surface area contributed by atoms with Gasteiger partial charge in [0.05, 0.1) is 12.3 Å². The molecular weight excluding hydrogens is 326 g/mol. The first-order valence-corrected chi connectivity index (χ1v) is 8.10. The number of benzene rings is 1. The van der Waals surface area contributed by atoms with Crippen LogP contribution in [0.15, 0.2) is 22.7 Å². The molecular formula is C15H21BrClNO. The SMILES string of the molecule is COCCN(c1ccc(CCl)cc1Br)C(C)C1CC1. The lowest BCUT2D eigenvalue weighted by Crippen LogP contribution is -2.37. The first-order valence-electron chi connectivity index (χ1n) is 6.77.